The second kappa shape index (κ2) is 7.59. The third kappa shape index (κ3) is 3.54. The maximum absolute atomic E-state index is 12.8. The van der Waals surface area contributed by atoms with E-state index in [-0.39, 0.29) is 5.13 Å². The number of benzene rings is 2. The molecule has 2 aromatic heterocycles. The molecule has 0 radical (unpaired) electrons. The molecule has 1 N–H and O–H groups in total. The van der Waals surface area contributed by atoms with E-state index in [1.807, 2.05) is 36.5 Å². The van der Waals surface area contributed by atoms with Gasteiger partial charge in [0.15, 0.2) is 0 Å². The highest BCUT2D eigenvalue weighted by molar-refractivity contribution is 7.90. The quantitative estimate of drug-likeness (QED) is 0.498. The Kier molecular flexibility index (Phi) is 4.90. The van der Waals surface area contributed by atoms with Gasteiger partial charge in [-0.25, -0.2) is 9.71 Å². The van der Waals surface area contributed by atoms with Gasteiger partial charge in [-0.05, 0) is 40.6 Å². The fourth-order valence-corrected chi connectivity index (χ4v) is 5.77. The average molecular weight is 458 g/mol. The van der Waals surface area contributed by atoms with Crippen molar-refractivity contribution in [3.05, 3.63) is 71.3 Å². The van der Waals surface area contributed by atoms with Gasteiger partial charge >= 0.3 is 10.2 Å². The van der Waals surface area contributed by atoms with Crippen LogP contribution >= 0.6 is 23.1 Å². The standard InChI is InChI=1S/C20H16ClN5O2S2/c21-15-4-5-16-14(8-15)9-22-10-19(16)18-3-1-2-13-11-26(7-6-17(13)18)30(27,28)25-20-23-12-24-29-20/h1-5,8-10,12H,6-7,11H2,(H,23,24,25). The van der Waals surface area contributed by atoms with Gasteiger partial charge in [-0.15, -0.1) is 0 Å². The third-order valence-electron chi connectivity index (χ3n) is 5.16. The Balaban J connectivity index is 1.51. The van der Waals surface area contributed by atoms with E-state index in [1.54, 1.807) is 6.20 Å². The number of aromatic nitrogens is 3. The van der Waals surface area contributed by atoms with Gasteiger partial charge in [0.1, 0.15) is 6.33 Å². The van der Waals surface area contributed by atoms with Crippen LogP contribution in [0.3, 0.4) is 0 Å². The Hall–Kier alpha value is -2.59. The van der Waals surface area contributed by atoms with E-state index >= 15 is 0 Å². The second-order valence-corrected chi connectivity index (χ2v) is 9.82. The van der Waals surface area contributed by atoms with Crippen molar-refractivity contribution in [2.45, 2.75) is 13.0 Å². The molecule has 7 nitrogen and oxygen atoms in total. The number of nitrogens with zero attached hydrogens (tertiary/aromatic N) is 4. The molecule has 5 rings (SSSR count). The number of rotatable bonds is 4. The van der Waals surface area contributed by atoms with E-state index in [0.29, 0.717) is 24.5 Å². The highest BCUT2D eigenvalue weighted by Crippen LogP contribution is 2.35. The molecule has 0 atom stereocenters. The third-order valence-corrected chi connectivity index (χ3v) is 7.55. The zero-order valence-corrected chi connectivity index (χ0v) is 18.0. The first-order valence-corrected chi connectivity index (χ1v) is 11.8. The van der Waals surface area contributed by atoms with E-state index in [1.165, 1.54) is 10.6 Å². The van der Waals surface area contributed by atoms with Gasteiger partial charge in [0.05, 0.1) is 0 Å². The van der Waals surface area contributed by atoms with E-state index < -0.39 is 10.2 Å². The molecule has 1 aliphatic rings. The lowest BCUT2D eigenvalue weighted by atomic mass is 9.90. The molecule has 10 heteroatoms. The van der Waals surface area contributed by atoms with E-state index in [9.17, 15) is 8.42 Å². The molecule has 152 valence electrons. The SMILES string of the molecule is O=S(=O)(Nc1ncns1)N1CCc2c(cccc2-c2cncc3cc(Cl)ccc23)C1. The van der Waals surface area contributed by atoms with Crippen LogP contribution in [-0.4, -0.2) is 33.6 Å². The van der Waals surface area contributed by atoms with Crippen LogP contribution in [0.15, 0.2) is 55.1 Å². The van der Waals surface area contributed by atoms with Crippen molar-refractivity contribution in [2.75, 3.05) is 11.3 Å². The lowest BCUT2D eigenvalue weighted by molar-refractivity contribution is 0.395. The average Bonchev–Trinajstić information content (AvgIpc) is 3.24. The molecule has 0 aliphatic carbocycles. The molecule has 4 aromatic rings. The Bertz CT molecular complexity index is 1340. The smallest absolute Gasteiger partial charge is 0.263 e. The summed E-state index contributed by atoms with van der Waals surface area (Å²) in [5.74, 6) is 0. The molecule has 0 spiro atoms. The highest BCUT2D eigenvalue weighted by Gasteiger charge is 2.29. The van der Waals surface area contributed by atoms with Crippen molar-refractivity contribution in [1.29, 1.82) is 0 Å². The number of pyridine rings is 1. The summed E-state index contributed by atoms with van der Waals surface area (Å²) in [6.45, 7) is 0.670. The van der Waals surface area contributed by atoms with E-state index in [0.717, 1.165) is 44.6 Å². The summed E-state index contributed by atoms with van der Waals surface area (Å²) in [4.78, 5) is 8.29. The molecule has 0 fully saturated rings. The molecule has 1 aliphatic heterocycles. The van der Waals surface area contributed by atoms with Gasteiger partial charge in [0.25, 0.3) is 0 Å². The lowest BCUT2D eigenvalue weighted by Crippen LogP contribution is -2.39. The number of halogens is 1. The molecule has 0 bridgehead atoms. The van der Waals surface area contributed by atoms with Gasteiger partial charge in [-0.1, -0.05) is 35.9 Å². The van der Waals surface area contributed by atoms with Crippen LogP contribution in [0.25, 0.3) is 21.9 Å². The van der Waals surface area contributed by atoms with Gasteiger partial charge in [-0.2, -0.15) is 17.1 Å². The molecule has 0 amide bonds. The zero-order valence-electron chi connectivity index (χ0n) is 15.6. The highest BCUT2D eigenvalue weighted by atomic mass is 35.5. The Morgan fingerprint density at radius 1 is 1.13 bits per heavy atom. The number of anilines is 1. The maximum atomic E-state index is 12.8. The molecule has 0 unspecified atom stereocenters. The van der Waals surface area contributed by atoms with E-state index in [2.05, 4.69) is 25.1 Å². The number of fused-ring (bicyclic) bond motifs is 2. The van der Waals surface area contributed by atoms with Crippen molar-refractivity contribution in [3.8, 4) is 11.1 Å². The molecule has 2 aromatic carbocycles. The van der Waals surface area contributed by atoms with Crippen molar-refractivity contribution in [2.24, 2.45) is 0 Å². The summed E-state index contributed by atoms with van der Waals surface area (Å²) < 4.78 is 33.3. The Morgan fingerprint density at radius 2 is 2.03 bits per heavy atom. The van der Waals surface area contributed by atoms with E-state index in [4.69, 9.17) is 11.6 Å². The minimum Gasteiger partial charge on any atom is -0.263 e. The predicted molar refractivity (Wildman–Crippen MR) is 119 cm³/mol. The number of hydrogen-bond donors (Lipinski definition) is 1. The van der Waals surface area contributed by atoms with Gasteiger partial charge < -0.3 is 0 Å². The molecular formula is C20H16ClN5O2S2. The summed E-state index contributed by atoms with van der Waals surface area (Å²) in [5, 5.41) is 2.96. The van der Waals surface area contributed by atoms with Crippen LogP contribution in [0, 0.1) is 0 Å². The first-order chi connectivity index (χ1) is 14.5. The summed E-state index contributed by atoms with van der Waals surface area (Å²) in [6.07, 6.45) is 5.58. The van der Waals surface area contributed by atoms with Crippen molar-refractivity contribution >= 4 is 49.2 Å². The summed E-state index contributed by atoms with van der Waals surface area (Å²) >= 11 is 7.14. The normalized spacial score (nSPS) is 14.6. The predicted octanol–water partition coefficient (Wildman–Crippen LogP) is 4.12. The second-order valence-electron chi connectivity index (χ2n) is 6.93. The van der Waals surface area contributed by atoms with Crippen LogP contribution in [0.1, 0.15) is 11.1 Å². The molecule has 30 heavy (non-hydrogen) atoms. The number of hydrogen-bond acceptors (Lipinski definition) is 6. The van der Waals surface area contributed by atoms with Crippen molar-refractivity contribution < 1.29 is 8.42 Å². The Labute approximate surface area is 182 Å². The fraction of sp³-hybridized carbons (Fsp3) is 0.150. The molecular weight excluding hydrogens is 442 g/mol. The van der Waals surface area contributed by atoms with Gasteiger partial charge in [0, 0.05) is 53.0 Å². The van der Waals surface area contributed by atoms with Crippen LogP contribution < -0.4 is 4.72 Å². The topological polar surface area (TPSA) is 88.1 Å². The molecule has 0 saturated carbocycles. The first kappa shape index (κ1) is 19.4. The summed E-state index contributed by atoms with van der Waals surface area (Å²) in [5.41, 5.74) is 4.21. The van der Waals surface area contributed by atoms with Crippen molar-refractivity contribution in [3.63, 3.8) is 0 Å². The largest absolute Gasteiger partial charge is 0.303 e. The monoisotopic (exact) mass is 457 g/mol. The fourth-order valence-electron chi connectivity index (χ4n) is 3.80. The van der Waals surface area contributed by atoms with Crippen LogP contribution in [0.2, 0.25) is 5.02 Å². The maximum Gasteiger partial charge on any atom is 0.303 e. The van der Waals surface area contributed by atoms with Crippen LogP contribution in [0.4, 0.5) is 5.13 Å². The van der Waals surface area contributed by atoms with Crippen LogP contribution in [-0.2, 0) is 23.2 Å². The summed E-state index contributed by atoms with van der Waals surface area (Å²) in [6, 6.07) is 11.8. The van der Waals surface area contributed by atoms with Crippen molar-refractivity contribution in [1.82, 2.24) is 18.6 Å². The Morgan fingerprint density at radius 3 is 2.87 bits per heavy atom. The zero-order chi connectivity index (χ0) is 20.7. The van der Waals surface area contributed by atoms with Gasteiger partial charge in [0.2, 0.25) is 5.13 Å². The van der Waals surface area contributed by atoms with Crippen LogP contribution in [0.5, 0.6) is 0 Å². The minimum absolute atomic E-state index is 0.259. The lowest BCUT2D eigenvalue weighted by Gasteiger charge is -2.29. The molecule has 0 saturated heterocycles. The van der Waals surface area contributed by atoms with Gasteiger partial charge in [-0.3, -0.25) is 4.98 Å². The first-order valence-electron chi connectivity index (χ1n) is 9.20. The summed E-state index contributed by atoms with van der Waals surface area (Å²) in [7, 11) is -3.70. The minimum atomic E-state index is -3.70. The number of nitrogens with one attached hydrogen (secondary N) is 1. The molecule has 3 heterocycles.